The van der Waals surface area contributed by atoms with Crippen LogP contribution in [0.2, 0.25) is 0 Å². The molecule has 1 heterocycles. The molecule has 0 radical (unpaired) electrons. The molecule has 0 aliphatic carbocycles. The van der Waals surface area contributed by atoms with Gasteiger partial charge in [0.2, 0.25) is 0 Å². The molecular weight excluding hydrogens is 288 g/mol. The van der Waals surface area contributed by atoms with E-state index in [4.69, 9.17) is 4.74 Å². The Labute approximate surface area is 107 Å². The minimum absolute atomic E-state index is 0.104. The summed E-state index contributed by atoms with van der Waals surface area (Å²) in [5.41, 5.74) is 1.01. The summed E-state index contributed by atoms with van der Waals surface area (Å²) in [7, 11) is 0. The second-order valence-corrected chi connectivity index (χ2v) is 4.84. The van der Waals surface area contributed by atoms with Crippen LogP contribution in [0.4, 0.5) is 5.69 Å². The fraction of sp³-hybridized carbons (Fsp3) is 0.455. The fourth-order valence-electron chi connectivity index (χ4n) is 1.77. The Morgan fingerprint density at radius 3 is 3.06 bits per heavy atom. The summed E-state index contributed by atoms with van der Waals surface area (Å²) in [6.45, 7) is 2.14. The van der Waals surface area contributed by atoms with Crippen LogP contribution in [0, 0.1) is 10.1 Å². The number of ether oxygens (including phenoxy) is 1. The van der Waals surface area contributed by atoms with Crippen LogP contribution in [0.25, 0.3) is 0 Å². The Bertz CT molecular complexity index is 419. The number of nitrogens with zero attached hydrogens (tertiary/aromatic N) is 1. The second-order valence-electron chi connectivity index (χ2n) is 3.98. The number of nitro groups is 1. The Hall–Kier alpha value is -0.980. The molecule has 17 heavy (non-hydrogen) atoms. The third kappa shape index (κ3) is 3.24. The highest BCUT2D eigenvalue weighted by Crippen LogP contribution is 2.25. The van der Waals surface area contributed by atoms with Gasteiger partial charge in [0.1, 0.15) is 0 Å². The summed E-state index contributed by atoms with van der Waals surface area (Å²) < 4.78 is 5.76. The molecule has 2 rings (SSSR count). The van der Waals surface area contributed by atoms with Crippen LogP contribution >= 0.6 is 15.9 Å². The van der Waals surface area contributed by atoms with E-state index in [-0.39, 0.29) is 10.6 Å². The van der Waals surface area contributed by atoms with Crippen LogP contribution in [-0.2, 0) is 11.3 Å². The Morgan fingerprint density at radius 1 is 1.59 bits per heavy atom. The maximum absolute atomic E-state index is 10.8. The standard InChI is InChI=1S/C11H13BrN2O3/c12-10-2-1-8(5-11(10)14(15)16)6-13-9-3-4-17-7-9/h1-2,5,9,13H,3-4,6-7H2. The van der Waals surface area contributed by atoms with E-state index in [1.807, 2.05) is 6.07 Å². The first kappa shape index (κ1) is 12.5. The van der Waals surface area contributed by atoms with Crippen molar-refractivity contribution < 1.29 is 9.66 Å². The van der Waals surface area contributed by atoms with Gasteiger partial charge in [-0.3, -0.25) is 10.1 Å². The van der Waals surface area contributed by atoms with Crippen LogP contribution in [0.5, 0.6) is 0 Å². The maximum atomic E-state index is 10.8. The molecule has 1 saturated heterocycles. The monoisotopic (exact) mass is 300 g/mol. The molecule has 0 spiro atoms. The van der Waals surface area contributed by atoms with Crippen LogP contribution in [0.1, 0.15) is 12.0 Å². The molecule has 5 nitrogen and oxygen atoms in total. The normalized spacial score (nSPS) is 19.5. The molecule has 1 atom stereocenters. The Kier molecular flexibility index (Phi) is 4.09. The minimum atomic E-state index is -0.383. The summed E-state index contributed by atoms with van der Waals surface area (Å²) >= 11 is 3.17. The van der Waals surface area contributed by atoms with Gasteiger partial charge >= 0.3 is 0 Å². The average molecular weight is 301 g/mol. The van der Waals surface area contributed by atoms with E-state index in [0.29, 0.717) is 17.1 Å². The van der Waals surface area contributed by atoms with Gasteiger partial charge in [-0.2, -0.15) is 0 Å². The zero-order valence-corrected chi connectivity index (χ0v) is 10.8. The van der Waals surface area contributed by atoms with Crippen molar-refractivity contribution in [1.82, 2.24) is 5.32 Å². The minimum Gasteiger partial charge on any atom is -0.380 e. The lowest BCUT2D eigenvalue weighted by atomic mass is 10.2. The van der Waals surface area contributed by atoms with Crippen molar-refractivity contribution in [1.29, 1.82) is 0 Å². The third-order valence-corrected chi connectivity index (χ3v) is 3.40. The van der Waals surface area contributed by atoms with Crippen molar-refractivity contribution >= 4 is 21.6 Å². The van der Waals surface area contributed by atoms with E-state index in [0.717, 1.165) is 25.2 Å². The maximum Gasteiger partial charge on any atom is 0.283 e. The molecule has 1 N–H and O–H groups in total. The topological polar surface area (TPSA) is 64.4 Å². The SMILES string of the molecule is O=[N+]([O-])c1cc(CNC2CCOC2)ccc1Br. The van der Waals surface area contributed by atoms with Gasteiger partial charge in [0, 0.05) is 25.3 Å². The van der Waals surface area contributed by atoms with Gasteiger partial charge in [-0.15, -0.1) is 0 Å². The third-order valence-electron chi connectivity index (χ3n) is 2.73. The number of halogens is 1. The van der Waals surface area contributed by atoms with Crippen molar-refractivity contribution in [2.45, 2.75) is 19.0 Å². The van der Waals surface area contributed by atoms with Crippen LogP contribution in [0.3, 0.4) is 0 Å². The van der Waals surface area contributed by atoms with Crippen molar-refractivity contribution in [3.05, 3.63) is 38.3 Å². The Balaban J connectivity index is 2.00. The quantitative estimate of drug-likeness (QED) is 0.684. The predicted molar refractivity (Wildman–Crippen MR) is 66.9 cm³/mol. The first-order valence-electron chi connectivity index (χ1n) is 5.41. The van der Waals surface area contributed by atoms with E-state index in [2.05, 4.69) is 21.2 Å². The van der Waals surface area contributed by atoms with Crippen LogP contribution in [0.15, 0.2) is 22.7 Å². The molecule has 0 saturated carbocycles. The second kappa shape index (κ2) is 5.57. The van der Waals surface area contributed by atoms with Gasteiger partial charge in [-0.1, -0.05) is 6.07 Å². The average Bonchev–Trinajstić information content (AvgIpc) is 2.80. The molecular formula is C11H13BrN2O3. The molecule has 1 aromatic rings. The van der Waals surface area contributed by atoms with Gasteiger partial charge in [0.25, 0.3) is 5.69 Å². The van der Waals surface area contributed by atoms with Crippen LogP contribution < -0.4 is 5.32 Å². The molecule has 0 aromatic heterocycles. The van der Waals surface area contributed by atoms with Gasteiger partial charge in [-0.05, 0) is 34.0 Å². The molecule has 1 aromatic carbocycles. The summed E-state index contributed by atoms with van der Waals surface area (Å²) in [6.07, 6.45) is 0.999. The molecule has 1 unspecified atom stereocenters. The molecule has 92 valence electrons. The zero-order valence-electron chi connectivity index (χ0n) is 9.19. The van der Waals surface area contributed by atoms with Gasteiger partial charge in [0.15, 0.2) is 0 Å². The number of hydrogen-bond acceptors (Lipinski definition) is 4. The van der Waals surface area contributed by atoms with Crippen LogP contribution in [-0.4, -0.2) is 24.2 Å². The number of hydrogen-bond donors (Lipinski definition) is 1. The number of rotatable bonds is 4. The van der Waals surface area contributed by atoms with Gasteiger partial charge in [0.05, 0.1) is 16.0 Å². The van der Waals surface area contributed by atoms with Crippen molar-refractivity contribution in [2.75, 3.05) is 13.2 Å². The summed E-state index contributed by atoms with van der Waals surface area (Å²) in [4.78, 5) is 10.4. The molecule has 1 aliphatic rings. The highest BCUT2D eigenvalue weighted by atomic mass is 79.9. The van der Waals surface area contributed by atoms with E-state index in [1.165, 1.54) is 0 Å². The van der Waals surface area contributed by atoms with Crippen molar-refractivity contribution in [3.8, 4) is 0 Å². The smallest absolute Gasteiger partial charge is 0.283 e. The largest absolute Gasteiger partial charge is 0.380 e. The predicted octanol–water partition coefficient (Wildman–Crippen LogP) is 2.24. The number of nitro benzene ring substituents is 1. The highest BCUT2D eigenvalue weighted by Gasteiger charge is 2.16. The molecule has 6 heteroatoms. The summed E-state index contributed by atoms with van der Waals surface area (Å²) in [6, 6.07) is 5.53. The molecule has 1 fully saturated rings. The highest BCUT2D eigenvalue weighted by molar-refractivity contribution is 9.10. The van der Waals surface area contributed by atoms with Crippen molar-refractivity contribution in [3.63, 3.8) is 0 Å². The first-order chi connectivity index (χ1) is 8.16. The molecule has 1 aliphatic heterocycles. The lowest BCUT2D eigenvalue weighted by Crippen LogP contribution is -2.28. The molecule has 0 bridgehead atoms. The Morgan fingerprint density at radius 2 is 2.41 bits per heavy atom. The summed E-state index contributed by atoms with van der Waals surface area (Å²) in [5, 5.41) is 14.1. The summed E-state index contributed by atoms with van der Waals surface area (Å²) in [5.74, 6) is 0. The lowest BCUT2D eigenvalue weighted by Gasteiger charge is -2.10. The van der Waals surface area contributed by atoms with Crippen molar-refractivity contribution in [2.24, 2.45) is 0 Å². The van der Waals surface area contributed by atoms with E-state index in [1.54, 1.807) is 12.1 Å². The van der Waals surface area contributed by atoms with Gasteiger partial charge in [-0.25, -0.2) is 0 Å². The molecule has 0 amide bonds. The number of nitrogens with one attached hydrogen (secondary N) is 1. The lowest BCUT2D eigenvalue weighted by molar-refractivity contribution is -0.385. The van der Waals surface area contributed by atoms with Gasteiger partial charge < -0.3 is 10.1 Å². The zero-order chi connectivity index (χ0) is 12.3. The number of benzene rings is 1. The van der Waals surface area contributed by atoms with E-state index in [9.17, 15) is 10.1 Å². The van der Waals surface area contributed by atoms with E-state index < -0.39 is 0 Å². The first-order valence-corrected chi connectivity index (χ1v) is 6.20. The fourth-order valence-corrected chi connectivity index (χ4v) is 2.16. The van der Waals surface area contributed by atoms with E-state index >= 15 is 0 Å².